The molecule has 0 amide bonds. The molecule has 0 radical (unpaired) electrons. The zero-order valence-electron chi connectivity index (χ0n) is 11.4. The Morgan fingerprint density at radius 3 is 2.06 bits per heavy atom. The molecule has 0 aromatic heterocycles. The van der Waals surface area contributed by atoms with Gasteiger partial charge >= 0.3 is 6.18 Å². The van der Waals surface area contributed by atoms with Crippen molar-refractivity contribution in [1.29, 1.82) is 0 Å². The fourth-order valence-electron chi connectivity index (χ4n) is 1.83. The van der Waals surface area contributed by atoms with Crippen LogP contribution in [-0.2, 0) is 0 Å². The summed E-state index contributed by atoms with van der Waals surface area (Å²) in [4.78, 5) is 0. The van der Waals surface area contributed by atoms with Gasteiger partial charge in [-0.1, -0.05) is 46.0 Å². The fraction of sp³-hybridized carbons (Fsp3) is 1.00. The van der Waals surface area contributed by atoms with E-state index in [1.54, 1.807) is 0 Å². The van der Waals surface area contributed by atoms with E-state index >= 15 is 0 Å². The van der Waals surface area contributed by atoms with Crippen molar-refractivity contribution in [2.75, 3.05) is 6.54 Å². The Hall–Kier alpha value is -0.290. The van der Waals surface area contributed by atoms with Gasteiger partial charge in [0.2, 0.25) is 0 Å². The average Bonchev–Trinajstić information content (AvgIpc) is 2.30. The van der Waals surface area contributed by atoms with E-state index in [9.17, 15) is 13.2 Å². The van der Waals surface area contributed by atoms with Gasteiger partial charge in [0.25, 0.3) is 0 Å². The lowest BCUT2D eigenvalue weighted by Gasteiger charge is -2.22. The molecule has 0 aliphatic carbocycles. The molecule has 0 saturated heterocycles. The molecule has 0 spiro atoms. The highest BCUT2D eigenvalue weighted by atomic mass is 19.4. The van der Waals surface area contributed by atoms with Crippen molar-refractivity contribution >= 4 is 0 Å². The van der Waals surface area contributed by atoms with Gasteiger partial charge in [-0.15, -0.1) is 0 Å². The smallest absolute Gasteiger partial charge is 0.382 e. The molecular weight excluding hydrogens is 243 g/mol. The molecule has 0 aromatic rings. The third-order valence-corrected chi connectivity index (χ3v) is 3.04. The van der Waals surface area contributed by atoms with E-state index in [0.717, 1.165) is 44.9 Å². The Morgan fingerprint density at radius 2 is 1.56 bits per heavy atom. The van der Waals surface area contributed by atoms with Crippen LogP contribution < -0.4 is 5.32 Å². The number of rotatable bonds is 10. The molecule has 0 saturated carbocycles. The van der Waals surface area contributed by atoms with Crippen LogP contribution in [0.2, 0.25) is 0 Å². The molecule has 0 rings (SSSR count). The van der Waals surface area contributed by atoms with Crippen molar-refractivity contribution in [3.8, 4) is 0 Å². The zero-order valence-corrected chi connectivity index (χ0v) is 11.4. The number of hydrogen-bond acceptors (Lipinski definition) is 2. The van der Waals surface area contributed by atoms with Gasteiger partial charge in [0.15, 0.2) is 6.10 Å². The van der Waals surface area contributed by atoms with E-state index in [0.29, 0.717) is 0 Å². The quantitative estimate of drug-likeness (QED) is 0.593. The summed E-state index contributed by atoms with van der Waals surface area (Å²) in [6.45, 7) is 3.76. The van der Waals surface area contributed by atoms with Crippen LogP contribution in [0.15, 0.2) is 0 Å². The maximum Gasteiger partial charge on any atom is 0.415 e. The van der Waals surface area contributed by atoms with Crippen molar-refractivity contribution in [3.63, 3.8) is 0 Å². The summed E-state index contributed by atoms with van der Waals surface area (Å²) in [6, 6.07) is 0.0912. The third-order valence-electron chi connectivity index (χ3n) is 3.04. The summed E-state index contributed by atoms with van der Waals surface area (Å²) in [6.07, 6.45) is 0.264. The largest absolute Gasteiger partial charge is 0.415 e. The summed E-state index contributed by atoms with van der Waals surface area (Å²) >= 11 is 0. The fourth-order valence-corrected chi connectivity index (χ4v) is 1.83. The second-order valence-electron chi connectivity index (χ2n) is 4.80. The maximum absolute atomic E-state index is 12.2. The number of unbranched alkanes of at least 4 members (excludes halogenated alkanes) is 3. The Kier molecular flexibility index (Phi) is 9.46. The number of alkyl halides is 3. The molecular formula is C13H26F3NO. The van der Waals surface area contributed by atoms with Crippen molar-refractivity contribution < 1.29 is 18.3 Å². The first-order valence-electron chi connectivity index (χ1n) is 6.90. The van der Waals surface area contributed by atoms with Crippen molar-refractivity contribution in [2.24, 2.45) is 0 Å². The minimum atomic E-state index is -4.52. The predicted octanol–water partition coefficient (Wildman–Crippen LogP) is 3.64. The molecule has 110 valence electrons. The SMILES string of the molecule is CCCCCC(CCCC)NCC(O)C(F)(F)F. The molecule has 0 heterocycles. The number of nitrogens with one attached hydrogen (secondary N) is 1. The first kappa shape index (κ1) is 17.7. The van der Waals surface area contributed by atoms with E-state index in [4.69, 9.17) is 5.11 Å². The molecule has 5 heteroatoms. The van der Waals surface area contributed by atoms with Crippen molar-refractivity contribution in [3.05, 3.63) is 0 Å². The summed E-state index contributed by atoms with van der Waals surface area (Å²) in [5, 5.41) is 11.8. The van der Waals surface area contributed by atoms with Crippen LogP contribution in [0.25, 0.3) is 0 Å². The van der Waals surface area contributed by atoms with E-state index in [1.807, 2.05) is 0 Å². The first-order chi connectivity index (χ1) is 8.41. The molecule has 2 nitrogen and oxygen atoms in total. The van der Waals surface area contributed by atoms with Gasteiger partial charge in [0, 0.05) is 12.6 Å². The Bertz CT molecular complexity index is 197. The minimum Gasteiger partial charge on any atom is -0.382 e. The molecule has 2 atom stereocenters. The van der Waals surface area contributed by atoms with E-state index in [-0.39, 0.29) is 6.04 Å². The maximum atomic E-state index is 12.2. The molecule has 18 heavy (non-hydrogen) atoms. The zero-order chi connectivity index (χ0) is 14.0. The highest BCUT2D eigenvalue weighted by Crippen LogP contribution is 2.20. The molecule has 0 aliphatic rings. The van der Waals surface area contributed by atoms with E-state index < -0.39 is 18.8 Å². The Labute approximate surface area is 108 Å². The average molecular weight is 269 g/mol. The topological polar surface area (TPSA) is 32.3 Å². The molecule has 0 aromatic carbocycles. The van der Waals surface area contributed by atoms with E-state index in [2.05, 4.69) is 19.2 Å². The lowest BCUT2D eigenvalue weighted by Crippen LogP contribution is -2.42. The number of aliphatic hydroxyl groups excluding tert-OH is 1. The first-order valence-corrected chi connectivity index (χ1v) is 6.90. The summed E-state index contributed by atoms with van der Waals surface area (Å²) < 4.78 is 36.5. The van der Waals surface area contributed by atoms with Crippen LogP contribution in [0, 0.1) is 0 Å². The summed E-state index contributed by atoms with van der Waals surface area (Å²) in [5.41, 5.74) is 0. The second-order valence-corrected chi connectivity index (χ2v) is 4.80. The lowest BCUT2D eigenvalue weighted by molar-refractivity contribution is -0.202. The number of aliphatic hydroxyl groups is 1. The monoisotopic (exact) mass is 269 g/mol. The van der Waals surface area contributed by atoms with Gasteiger partial charge < -0.3 is 10.4 Å². The highest BCUT2D eigenvalue weighted by molar-refractivity contribution is 4.73. The number of halogens is 3. The van der Waals surface area contributed by atoms with Crippen LogP contribution in [0.3, 0.4) is 0 Å². The van der Waals surface area contributed by atoms with Crippen LogP contribution >= 0.6 is 0 Å². The molecule has 0 fully saturated rings. The summed E-state index contributed by atoms with van der Waals surface area (Å²) in [5.74, 6) is 0. The van der Waals surface area contributed by atoms with Crippen LogP contribution in [0.1, 0.15) is 58.8 Å². The van der Waals surface area contributed by atoms with Gasteiger partial charge in [-0.3, -0.25) is 0 Å². The highest BCUT2D eigenvalue weighted by Gasteiger charge is 2.37. The summed E-state index contributed by atoms with van der Waals surface area (Å²) in [7, 11) is 0. The molecule has 2 N–H and O–H groups in total. The normalized spacial score (nSPS) is 15.7. The lowest BCUT2D eigenvalue weighted by atomic mass is 10.0. The van der Waals surface area contributed by atoms with Crippen LogP contribution in [-0.4, -0.2) is 30.0 Å². The van der Waals surface area contributed by atoms with Gasteiger partial charge in [0.05, 0.1) is 0 Å². The number of hydrogen-bond donors (Lipinski definition) is 2. The van der Waals surface area contributed by atoms with Crippen molar-refractivity contribution in [2.45, 2.75) is 77.1 Å². The van der Waals surface area contributed by atoms with Gasteiger partial charge in [0.1, 0.15) is 0 Å². The van der Waals surface area contributed by atoms with Gasteiger partial charge in [-0.05, 0) is 12.8 Å². The predicted molar refractivity (Wildman–Crippen MR) is 67.5 cm³/mol. The van der Waals surface area contributed by atoms with E-state index in [1.165, 1.54) is 0 Å². The molecule has 0 bridgehead atoms. The minimum absolute atomic E-state index is 0.0912. The Balaban J connectivity index is 3.98. The standard InChI is InChI=1S/C13H26F3NO/c1-3-5-7-9-11(8-6-4-2)17-10-12(18)13(14,15)16/h11-12,17-18H,3-10H2,1-2H3. The molecule has 2 unspecified atom stereocenters. The second kappa shape index (κ2) is 9.62. The Morgan fingerprint density at radius 1 is 1.00 bits per heavy atom. The molecule has 0 aliphatic heterocycles. The van der Waals surface area contributed by atoms with Crippen LogP contribution in [0.5, 0.6) is 0 Å². The van der Waals surface area contributed by atoms with Gasteiger partial charge in [-0.25, -0.2) is 0 Å². The van der Waals surface area contributed by atoms with Gasteiger partial charge in [-0.2, -0.15) is 13.2 Å². The third kappa shape index (κ3) is 8.75. The van der Waals surface area contributed by atoms with Crippen molar-refractivity contribution in [1.82, 2.24) is 5.32 Å². The van der Waals surface area contributed by atoms with Crippen LogP contribution in [0.4, 0.5) is 13.2 Å².